The van der Waals surface area contributed by atoms with E-state index in [9.17, 15) is 19.5 Å². The molecule has 2 heterocycles. The van der Waals surface area contributed by atoms with Crippen molar-refractivity contribution in [2.75, 3.05) is 31.2 Å². The van der Waals surface area contributed by atoms with Gasteiger partial charge in [-0.3, -0.25) is 14.3 Å². The zero-order valence-electron chi connectivity index (χ0n) is 28.2. The average Bonchev–Trinajstić information content (AvgIpc) is 3.46. The van der Waals surface area contributed by atoms with Gasteiger partial charge in [-0.15, -0.1) is 0 Å². The highest BCUT2D eigenvalue weighted by Gasteiger charge is 2.26. The molecule has 3 aromatic carbocycles. The number of carbonyl (C=O) groups excluding carboxylic acids is 2. The molecule has 1 aromatic heterocycles. The van der Waals surface area contributed by atoms with Crippen molar-refractivity contribution in [3.8, 4) is 22.6 Å². The van der Waals surface area contributed by atoms with E-state index in [1.54, 1.807) is 23.4 Å². The number of nitrogens with two attached hydrogens (primary N) is 1. The molecule has 0 saturated heterocycles. The van der Waals surface area contributed by atoms with Gasteiger partial charge in [0.25, 0.3) is 5.91 Å². The molecule has 1 atom stereocenters. The van der Waals surface area contributed by atoms with Crippen molar-refractivity contribution in [3.05, 3.63) is 93.5 Å². The van der Waals surface area contributed by atoms with Gasteiger partial charge in [-0.2, -0.15) is 5.10 Å². The summed E-state index contributed by atoms with van der Waals surface area (Å²) >= 11 is 12.6. The lowest BCUT2D eigenvalue weighted by Crippen LogP contribution is -2.40. The maximum atomic E-state index is 15.3. The van der Waals surface area contributed by atoms with Crippen LogP contribution in [-0.2, 0) is 16.1 Å². The Bertz CT molecular complexity index is 1860. The molecular weight excluding hydrogens is 700 g/mol. The fourth-order valence-corrected chi connectivity index (χ4v) is 6.24. The number of anilines is 1. The first-order chi connectivity index (χ1) is 24.6. The summed E-state index contributed by atoms with van der Waals surface area (Å²) in [6.07, 6.45) is 6.12. The summed E-state index contributed by atoms with van der Waals surface area (Å²) in [4.78, 5) is 39.6. The van der Waals surface area contributed by atoms with Crippen LogP contribution in [0.1, 0.15) is 60.0 Å². The summed E-state index contributed by atoms with van der Waals surface area (Å²) in [6.45, 7) is 3.54. The molecule has 4 aromatic rings. The molecule has 11 nitrogen and oxygen atoms in total. The number of hydrogen-bond donors (Lipinski definition) is 3. The molecule has 0 aliphatic carbocycles. The maximum Gasteiger partial charge on any atom is 0.326 e. The lowest BCUT2D eigenvalue weighted by atomic mass is 10.1. The second-order valence-electron chi connectivity index (χ2n) is 12.2. The molecule has 1 aliphatic rings. The number of ether oxygens (including phenoxy) is 2. The fourth-order valence-electron chi connectivity index (χ4n) is 5.81. The second-order valence-corrected chi connectivity index (χ2v) is 13.0. The Morgan fingerprint density at radius 3 is 2.69 bits per heavy atom. The normalized spacial score (nSPS) is 13.2. The molecule has 14 heteroatoms. The number of carboxylic acid groups (broad SMARTS) is 1. The van der Waals surface area contributed by atoms with Crippen molar-refractivity contribution in [1.82, 2.24) is 15.1 Å². The number of nitrogens with zero attached hydrogens (tertiary/aromatic N) is 3. The minimum atomic E-state index is -1.19. The van der Waals surface area contributed by atoms with E-state index in [1.165, 1.54) is 10.7 Å². The van der Waals surface area contributed by atoms with Gasteiger partial charge in [0.1, 0.15) is 17.6 Å². The van der Waals surface area contributed by atoms with Crippen molar-refractivity contribution < 1.29 is 33.4 Å². The van der Waals surface area contributed by atoms with Gasteiger partial charge < -0.3 is 30.5 Å². The standard InChI is InChI=1S/C37H40Cl2FN5O6/c1-23-28(38)9-5-12-33(23)50-16-6-13-34(46)45-15-7-17-51-35-26(8-4-11-32(35)45)25-20-42-44(21-25)22-27-29(39)18-24(19-30(27)40)36(47)43-31(37(48)49)10-2-3-14-41/h4-5,8-9,11-12,18-21,31H,2-3,6-7,10,13-17,22,41H2,1H3,(H,43,47)(H,48,49)/t31-/m0/s1. The van der Waals surface area contributed by atoms with Gasteiger partial charge in [0.2, 0.25) is 5.91 Å². The Kier molecular flexibility index (Phi) is 12.9. The number of aliphatic carboxylic acids is 1. The van der Waals surface area contributed by atoms with E-state index >= 15 is 4.39 Å². The topological polar surface area (TPSA) is 149 Å². The Balaban J connectivity index is 1.26. The van der Waals surface area contributed by atoms with Gasteiger partial charge in [0.05, 0.1) is 31.6 Å². The molecule has 0 radical (unpaired) electrons. The molecule has 0 spiro atoms. The molecule has 270 valence electrons. The fraction of sp³-hybridized carbons (Fsp3) is 0.351. The number of aromatic nitrogens is 2. The average molecular weight is 741 g/mol. The van der Waals surface area contributed by atoms with Crippen LogP contribution in [-0.4, -0.2) is 65.0 Å². The van der Waals surface area contributed by atoms with Crippen molar-refractivity contribution in [3.63, 3.8) is 0 Å². The van der Waals surface area contributed by atoms with E-state index in [0.717, 1.165) is 17.2 Å². The zero-order chi connectivity index (χ0) is 36.5. The van der Waals surface area contributed by atoms with Gasteiger partial charge in [-0.05, 0) is 75.9 Å². The number of halogens is 3. The van der Waals surface area contributed by atoms with Crippen LogP contribution in [0.3, 0.4) is 0 Å². The maximum absolute atomic E-state index is 15.3. The third-order valence-corrected chi connectivity index (χ3v) is 9.33. The number of unbranched alkanes of at least 4 members (excludes halogenated alkanes) is 1. The number of fused-ring (bicyclic) bond motifs is 1. The number of para-hydroxylation sites is 1. The SMILES string of the molecule is Cc1c(Cl)cccc1OCCCC(=O)N1CCCOc2c(-c3cnn(Cc4c(F)cc(C(=O)N[C@@H](CCCCN)C(=O)O)cc4Cl)c3)cccc21. The lowest BCUT2D eigenvalue weighted by Gasteiger charge is -2.23. The number of nitrogens with one attached hydrogen (secondary N) is 1. The van der Waals surface area contributed by atoms with Crippen LogP contribution in [0.2, 0.25) is 10.0 Å². The highest BCUT2D eigenvalue weighted by Crippen LogP contribution is 2.40. The molecule has 0 unspecified atom stereocenters. The largest absolute Gasteiger partial charge is 0.493 e. The van der Waals surface area contributed by atoms with Gasteiger partial charge >= 0.3 is 5.97 Å². The molecule has 0 bridgehead atoms. The minimum absolute atomic E-state index is 0.00799. The third kappa shape index (κ3) is 9.37. The molecule has 4 N–H and O–H groups in total. The van der Waals surface area contributed by atoms with Gasteiger partial charge in [0, 0.05) is 57.0 Å². The summed E-state index contributed by atoms with van der Waals surface area (Å²) in [5.74, 6) is -1.48. The number of rotatable bonds is 15. The second kappa shape index (κ2) is 17.5. The van der Waals surface area contributed by atoms with Crippen LogP contribution in [0, 0.1) is 12.7 Å². The summed E-state index contributed by atoms with van der Waals surface area (Å²) < 4.78 is 28.9. The van der Waals surface area contributed by atoms with Crippen molar-refractivity contribution in [2.45, 2.75) is 58.0 Å². The first-order valence-electron chi connectivity index (χ1n) is 16.8. The van der Waals surface area contributed by atoms with Crippen molar-refractivity contribution in [1.29, 1.82) is 0 Å². The van der Waals surface area contributed by atoms with Crippen molar-refractivity contribution >= 4 is 46.7 Å². The molecule has 0 saturated carbocycles. The molecular formula is C37H40Cl2FN5O6. The van der Waals surface area contributed by atoms with Crippen molar-refractivity contribution in [2.24, 2.45) is 5.73 Å². The number of hydrogen-bond acceptors (Lipinski definition) is 7. The number of benzene rings is 3. The van der Waals surface area contributed by atoms with Crippen LogP contribution in [0.15, 0.2) is 60.9 Å². The monoisotopic (exact) mass is 739 g/mol. The smallest absolute Gasteiger partial charge is 0.326 e. The van der Waals surface area contributed by atoms with Gasteiger partial charge in [-0.25, -0.2) is 9.18 Å². The first-order valence-corrected chi connectivity index (χ1v) is 17.5. The molecule has 2 amide bonds. The lowest BCUT2D eigenvalue weighted by molar-refractivity contribution is -0.139. The Hall–Kier alpha value is -4.65. The minimum Gasteiger partial charge on any atom is -0.493 e. The number of amides is 2. The molecule has 51 heavy (non-hydrogen) atoms. The summed E-state index contributed by atoms with van der Waals surface area (Å²) in [6, 6.07) is 12.2. The first kappa shape index (κ1) is 37.6. The molecule has 5 rings (SSSR count). The highest BCUT2D eigenvalue weighted by atomic mass is 35.5. The predicted molar refractivity (Wildman–Crippen MR) is 193 cm³/mol. The molecule has 1 aliphatic heterocycles. The summed E-state index contributed by atoms with van der Waals surface area (Å²) in [5.41, 5.74) is 8.40. The van der Waals surface area contributed by atoms with Crippen LogP contribution in [0.5, 0.6) is 11.5 Å². The van der Waals surface area contributed by atoms with E-state index in [2.05, 4.69) is 10.4 Å². The van der Waals surface area contributed by atoms with E-state index in [4.69, 9.17) is 38.4 Å². The van der Waals surface area contributed by atoms with Crippen LogP contribution >= 0.6 is 23.2 Å². The van der Waals surface area contributed by atoms with E-state index in [-0.39, 0.29) is 41.4 Å². The highest BCUT2D eigenvalue weighted by molar-refractivity contribution is 6.32. The zero-order valence-corrected chi connectivity index (χ0v) is 29.7. The summed E-state index contributed by atoms with van der Waals surface area (Å²) in [5, 5.41) is 16.9. The van der Waals surface area contributed by atoms with E-state index in [0.29, 0.717) is 79.8 Å². The number of carbonyl (C=O) groups is 3. The predicted octanol–water partition coefficient (Wildman–Crippen LogP) is 6.64. The molecule has 0 fully saturated rings. The summed E-state index contributed by atoms with van der Waals surface area (Å²) in [7, 11) is 0. The van der Waals surface area contributed by atoms with E-state index in [1.807, 2.05) is 37.3 Å². The Labute approximate surface area is 305 Å². The van der Waals surface area contributed by atoms with Gasteiger partial charge in [-0.1, -0.05) is 41.4 Å². The van der Waals surface area contributed by atoms with Crippen LogP contribution in [0.25, 0.3) is 11.1 Å². The third-order valence-electron chi connectivity index (χ3n) is 8.59. The van der Waals surface area contributed by atoms with Gasteiger partial charge in [0.15, 0.2) is 5.75 Å². The Morgan fingerprint density at radius 2 is 1.92 bits per heavy atom. The number of carboxylic acids is 1. The van der Waals surface area contributed by atoms with E-state index < -0.39 is 23.7 Å². The quantitative estimate of drug-likeness (QED) is 0.115. The Morgan fingerprint density at radius 1 is 1.12 bits per heavy atom. The van der Waals surface area contributed by atoms with Crippen LogP contribution < -0.4 is 25.4 Å². The van der Waals surface area contributed by atoms with Crippen LogP contribution in [0.4, 0.5) is 10.1 Å².